The summed E-state index contributed by atoms with van der Waals surface area (Å²) in [5.41, 5.74) is 0.846. The molecular weight excluding hydrogens is 368 g/mol. The number of amides is 1. The minimum atomic E-state index is -0.338. The zero-order valence-electron chi connectivity index (χ0n) is 14.5. The first-order valence-corrected chi connectivity index (χ1v) is 8.43. The first-order valence-electron chi connectivity index (χ1n) is 8.05. The predicted octanol–water partition coefficient (Wildman–Crippen LogP) is 3.90. The number of carbonyl (C=O) groups excluding carboxylic acids is 1. The molecule has 0 saturated heterocycles. The van der Waals surface area contributed by atoms with E-state index in [2.05, 4.69) is 20.8 Å². The monoisotopic (exact) mass is 384 g/mol. The summed E-state index contributed by atoms with van der Waals surface area (Å²) in [5, 5.41) is 14.3. The molecule has 7 nitrogen and oxygen atoms in total. The Morgan fingerprint density at radius 3 is 2.19 bits per heavy atom. The number of carbonyl (C=O) groups is 1. The summed E-state index contributed by atoms with van der Waals surface area (Å²) in [5.74, 6) is 1.87. The lowest BCUT2D eigenvalue weighted by Gasteiger charge is -2.08. The van der Waals surface area contributed by atoms with Crippen LogP contribution in [0.2, 0.25) is 5.02 Å². The van der Waals surface area contributed by atoms with Crippen molar-refractivity contribution in [2.24, 2.45) is 0 Å². The van der Waals surface area contributed by atoms with Gasteiger partial charge in [0.05, 0.1) is 7.11 Å². The number of halogens is 1. The summed E-state index contributed by atoms with van der Waals surface area (Å²) < 4.78 is 10.5. The number of rotatable bonds is 7. The summed E-state index contributed by atoms with van der Waals surface area (Å²) in [6.07, 6.45) is 0. The van der Waals surface area contributed by atoms with E-state index in [1.54, 1.807) is 43.5 Å². The molecule has 27 heavy (non-hydrogen) atoms. The molecule has 1 heterocycles. The fourth-order valence-corrected chi connectivity index (χ4v) is 2.27. The van der Waals surface area contributed by atoms with Crippen LogP contribution in [0.4, 0.5) is 17.3 Å². The Bertz CT molecular complexity index is 884. The van der Waals surface area contributed by atoms with E-state index >= 15 is 0 Å². The molecular formula is C19H17ClN4O3. The van der Waals surface area contributed by atoms with Gasteiger partial charge in [0, 0.05) is 10.7 Å². The molecule has 0 spiro atoms. The number of nitrogens with zero attached hydrogens (tertiary/aromatic N) is 2. The fraction of sp³-hybridized carbons (Fsp3) is 0.105. The topological polar surface area (TPSA) is 85.4 Å². The van der Waals surface area contributed by atoms with Gasteiger partial charge >= 0.3 is 0 Å². The molecule has 8 heteroatoms. The van der Waals surface area contributed by atoms with Crippen LogP contribution in [-0.2, 0) is 4.79 Å². The number of methoxy groups -OCH3 is 1. The van der Waals surface area contributed by atoms with Gasteiger partial charge < -0.3 is 20.1 Å². The summed E-state index contributed by atoms with van der Waals surface area (Å²) >= 11 is 5.80. The highest BCUT2D eigenvalue weighted by molar-refractivity contribution is 6.30. The van der Waals surface area contributed by atoms with Crippen molar-refractivity contribution in [2.75, 3.05) is 24.4 Å². The Balaban J connectivity index is 1.50. The minimum Gasteiger partial charge on any atom is -0.497 e. The minimum absolute atomic E-state index is 0.144. The Kier molecular flexibility index (Phi) is 6.06. The molecule has 0 fully saturated rings. The third-order valence-electron chi connectivity index (χ3n) is 3.48. The first kappa shape index (κ1) is 18.5. The van der Waals surface area contributed by atoms with Crippen molar-refractivity contribution in [1.82, 2.24) is 10.2 Å². The van der Waals surface area contributed by atoms with Gasteiger partial charge in [-0.05, 0) is 60.7 Å². The van der Waals surface area contributed by atoms with Crippen molar-refractivity contribution in [2.45, 2.75) is 0 Å². The maximum atomic E-state index is 11.9. The normalized spacial score (nSPS) is 10.1. The smallest absolute Gasteiger partial charge is 0.263 e. The van der Waals surface area contributed by atoms with Gasteiger partial charge in [0.15, 0.2) is 18.2 Å². The Morgan fingerprint density at radius 1 is 0.926 bits per heavy atom. The molecule has 1 aromatic heterocycles. The highest BCUT2D eigenvalue weighted by Gasteiger charge is 2.06. The SMILES string of the molecule is COc1ccc(Nc2ccc(NC(=O)COc3ccc(Cl)cc3)nn2)cc1. The molecule has 2 N–H and O–H groups in total. The van der Waals surface area contributed by atoms with Gasteiger partial charge in [-0.2, -0.15) is 0 Å². The molecule has 0 atom stereocenters. The molecule has 1 amide bonds. The first-order chi connectivity index (χ1) is 13.1. The molecule has 0 unspecified atom stereocenters. The Hall–Kier alpha value is -3.32. The Morgan fingerprint density at radius 2 is 1.56 bits per heavy atom. The van der Waals surface area contributed by atoms with Gasteiger partial charge in [-0.15, -0.1) is 10.2 Å². The third kappa shape index (κ3) is 5.58. The van der Waals surface area contributed by atoms with Crippen LogP contribution in [0.1, 0.15) is 0 Å². The lowest BCUT2D eigenvalue weighted by molar-refractivity contribution is -0.118. The van der Waals surface area contributed by atoms with E-state index in [-0.39, 0.29) is 12.5 Å². The molecule has 3 aromatic rings. The highest BCUT2D eigenvalue weighted by atomic mass is 35.5. The van der Waals surface area contributed by atoms with Crippen LogP contribution in [0.25, 0.3) is 0 Å². The van der Waals surface area contributed by atoms with E-state index < -0.39 is 0 Å². The number of aromatic nitrogens is 2. The van der Waals surface area contributed by atoms with Crippen molar-refractivity contribution in [3.05, 3.63) is 65.7 Å². The van der Waals surface area contributed by atoms with Crippen LogP contribution in [-0.4, -0.2) is 29.8 Å². The molecule has 138 valence electrons. The number of hydrogen-bond donors (Lipinski definition) is 2. The number of ether oxygens (including phenoxy) is 2. The van der Waals surface area contributed by atoms with Gasteiger partial charge in [-0.25, -0.2) is 0 Å². The molecule has 3 rings (SSSR count). The number of benzene rings is 2. The molecule has 0 saturated carbocycles. The van der Waals surface area contributed by atoms with Gasteiger partial charge in [0.2, 0.25) is 0 Å². The number of anilines is 3. The molecule has 0 aliphatic carbocycles. The van der Waals surface area contributed by atoms with Crippen LogP contribution in [0.3, 0.4) is 0 Å². The number of hydrogen-bond acceptors (Lipinski definition) is 6. The van der Waals surface area contributed by atoms with Crippen LogP contribution >= 0.6 is 11.6 Å². The summed E-state index contributed by atoms with van der Waals surface area (Å²) in [4.78, 5) is 11.9. The van der Waals surface area contributed by atoms with E-state index in [0.29, 0.717) is 22.4 Å². The molecule has 0 radical (unpaired) electrons. The van der Waals surface area contributed by atoms with Crippen LogP contribution in [0.5, 0.6) is 11.5 Å². The van der Waals surface area contributed by atoms with Gasteiger partial charge in [0.1, 0.15) is 11.5 Å². The van der Waals surface area contributed by atoms with Crippen molar-refractivity contribution < 1.29 is 14.3 Å². The van der Waals surface area contributed by atoms with E-state index in [1.165, 1.54) is 0 Å². The number of nitrogens with one attached hydrogen (secondary N) is 2. The zero-order chi connectivity index (χ0) is 19.1. The van der Waals surface area contributed by atoms with Crippen LogP contribution < -0.4 is 20.1 Å². The molecule has 0 aliphatic heterocycles. The zero-order valence-corrected chi connectivity index (χ0v) is 15.2. The van der Waals surface area contributed by atoms with Crippen molar-refractivity contribution in [1.29, 1.82) is 0 Å². The fourth-order valence-electron chi connectivity index (χ4n) is 2.15. The lowest BCUT2D eigenvalue weighted by atomic mass is 10.3. The standard InChI is InChI=1S/C19H17ClN4O3/c1-26-15-8-4-14(5-9-15)21-17-10-11-18(24-23-17)22-19(25)12-27-16-6-2-13(20)3-7-16/h2-11H,12H2,1H3,(H,21,23)(H,22,24,25). The second kappa shape index (κ2) is 8.86. The van der Waals surface area contributed by atoms with E-state index in [9.17, 15) is 4.79 Å². The van der Waals surface area contributed by atoms with Crippen molar-refractivity contribution in [3.8, 4) is 11.5 Å². The average molecular weight is 385 g/mol. The average Bonchev–Trinajstić information content (AvgIpc) is 2.70. The molecule has 2 aromatic carbocycles. The van der Waals surface area contributed by atoms with E-state index in [4.69, 9.17) is 21.1 Å². The summed E-state index contributed by atoms with van der Waals surface area (Å²) in [7, 11) is 1.61. The second-order valence-electron chi connectivity index (χ2n) is 5.45. The van der Waals surface area contributed by atoms with Gasteiger partial charge in [0.25, 0.3) is 5.91 Å². The maximum absolute atomic E-state index is 11.9. The summed E-state index contributed by atoms with van der Waals surface area (Å²) in [6, 6.07) is 17.5. The van der Waals surface area contributed by atoms with Crippen molar-refractivity contribution in [3.63, 3.8) is 0 Å². The summed E-state index contributed by atoms with van der Waals surface area (Å²) in [6.45, 7) is -0.144. The maximum Gasteiger partial charge on any atom is 0.263 e. The quantitative estimate of drug-likeness (QED) is 0.642. The Labute approximate surface area is 161 Å². The van der Waals surface area contributed by atoms with Crippen LogP contribution in [0, 0.1) is 0 Å². The van der Waals surface area contributed by atoms with Crippen LogP contribution in [0.15, 0.2) is 60.7 Å². The predicted molar refractivity (Wildman–Crippen MR) is 104 cm³/mol. The largest absolute Gasteiger partial charge is 0.497 e. The van der Waals surface area contributed by atoms with Gasteiger partial charge in [-0.1, -0.05) is 11.6 Å². The molecule has 0 aliphatic rings. The van der Waals surface area contributed by atoms with E-state index in [1.807, 2.05) is 24.3 Å². The highest BCUT2D eigenvalue weighted by Crippen LogP contribution is 2.19. The molecule has 0 bridgehead atoms. The third-order valence-corrected chi connectivity index (χ3v) is 3.73. The second-order valence-corrected chi connectivity index (χ2v) is 5.88. The van der Waals surface area contributed by atoms with Crippen molar-refractivity contribution >= 4 is 34.8 Å². The van der Waals surface area contributed by atoms with Gasteiger partial charge in [-0.3, -0.25) is 4.79 Å². The van der Waals surface area contributed by atoms with E-state index in [0.717, 1.165) is 11.4 Å². The lowest BCUT2D eigenvalue weighted by Crippen LogP contribution is -2.21.